The minimum Gasteiger partial charge on any atom is -0.385 e. The maximum atomic E-state index is 13.3. The third-order valence-electron chi connectivity index (χ3n) is 5.30. The van der Waals surface area contributed by atoms with Crippen molar-refractivity contribution in [2.24, 2.45) is 0 Å². The molecule has 0 spiro atoms. The van der Waals surface area contributed by atoms with Gasteiger partial charge in [-0.1, -0.05) is 11.6 Å². The van der Waals surface area contributed by atoms with Gasteiger partial charge >= 0.3 is 0 Å². The van der Waals surface area contributed by atoms with Crippen LogP contribution in [0.25, 0.3) is 0 Å². The van der Waals surface area contributed by atoms with E-state index < -0.39 is 0 Å². The van der Waals surface area contributed by atoms with Gasteiger partial charge in [0.2, 0.25) is 0 Å². The van der Waals surface area contributed by atoms with Crippen molar-refractivity contribution in [1.29, 1.82) is 0 Å². The molecule has 0 saturated heterocycles. The number of hydrogen-bond donors (Lipinski definition) is 1. The van der Waals surface area contributed by atoms with Crippen molar-refractivity contribution in [2.75, 3.05) is 17.3 Å². The predicted molar refractivity (Wildman–Crippen MR) is 108 cm³/mol. The third-order valence-corrected chi connectivity index (χ3v) is 5.66. The Balaban J connectivity index is 1.75. The molecule has 27 heavy (non-hydrogen) atoms. The van der Waals surface area contributed by atoms with E-state index in [-0.39, 0.29) is 22.4 Å². The van der Waals surface area contributed by atoms with Gasteiger partial charge in [-0.15, -0.1) is 0 Å². The molecule has 1 heterocycles. The monoisotopic (exact) mass is 392 g/mol. The first-order chi connectivity index (χ1) is 12.9. The Morgan fingerprint density at radius 2 is 1.85 bits per heavy atom. The molecular formula is C20H26ClFN4O. The molecule has 1 aromatic heterocycles. The third kappa shape index (κ3) is 4.10. The summed E-state index contributed by atoms with van der Waals surface area (Å²) < 4.78 is 14.8. The molecule has 1 aliphatic carbocycles. The van der Waals surface area contributed by atoms with Crippen molar-refractivity contribution in [3.05, 3.63) is 51.7 Å². The SMILES string of the molecule is CNc1cnn(C2CCC(N(c3ccc(F)cc3)C(C)C)CC2)c(=O)c1Cl. The van der Waals surface area contributed by atoms with Crippen LogP contribution in [0.4, 0.5) is 15.8 Å². The first kappa shape index (κ1) is 19.7. The predicted octanol–water partition coefficient (Wildman–Crippen LogP) is 4.48. The smallest absolute Gasteiger partial charge is 0.287 e. The van der Waals surface area contributed by atoms with Crippen LogP contribution >= 0.6 is 11.6 Å². The Bertz CT molecular complexity index is 829. The van der Waals surface area contributed by atoms with E-state index in [4.69, 9.17) is 11.6 Å². The summed E-state index contributed by atoms with van der Waals surface area (Å²) in [6, 6.07) is 7.40. The van der Waals surface area contributed by atoms with Gasteiger partial charge in [0, 0.05) is 24.8 Å². The molecule has 3 rings (SSSR count). The Hall–Kier alpha value is -2.08. The second kappa shape index (κ2) is 8.30. The van der Waals surface area contributed by atoms with E-state index in [1.807, 2.05) is 12.1 Å². The Morgan fingerprint density at radius 3 is 2.41 bits per heavy atom. The molecule has 7 heteroatoms. The lowest BCUT2D eigenvalue weighted by molar-refractivity contribution is 0.282. The van der Waals surface area contributed by atoms with E-state index in [2.05, 4.69) is 29.2 Å². The lowest BCUT2D eigenvalue weighted by atomic mass is 9.89. The standard InChI is InChI=1S/C20H26ClFN4O/c1-13(2)25(15-6-4-14(22)5-7-15)16-8-10-17(11-9-16)26-20(27)19(21)18(23-3)12-24-26/h4-7,12-13,16-17,23H,8-11H2,1-3H3. The average Bonchev–Trinajstić information content (AvgIpc) is 2.66. The van der Waals surface area contributed by atoms with Crippen LogP contribution in [0.2, 0.25) is 5.02 Å². The fraction of sp³-hybridized carbons (Fsp3) is 0.500. The highest BCUT2D eigenvalue weighted by Gasteiger charge is 2.29. The van der Waals surface area contributed by atoms with Crippen molar-refractivity contribution in [3.8, 4) is 0 Å². The number of nitrogens with one attached hydrogen (secondary N) is 1. The van der Waals surface area contributed by atoms with Gasteiger partial charge in [0.05, 0.1) is 17.9 Å². The molecule has 1 fully saturated rings. The van der Waals surface area contributed by atoms with E-state index >= 15 is 0 Å². The van der Waals surface area contributed by atoms with Gasteiger partial charge in [-0.05, 0) is 63.8 Å². The highest BCUT2D eigenvalue weighted by molar-refractivity contribution is 6.32. The normalized spacial score (nSPS) is 19.9. The summed E-state index contributed by atoms with van der Waals surface area (Å²) in [4.78, 5) is 14.9. The van der Waals surface area contributed by atoms with Gasteiger partial charge in [-0.2, -0.15) is 5.10 Å². The van der Waals surface area contributed by atoms with Crippen LogP contribution in [0.5, 0.6) is 0 Å². The van der Waals surface area contributed by atoms with Crippen LogP contribution in [-0.4, -0.2) is 28.9 Å². The molecule has 1 aromatic carbocycles. The molecule has 0 aliphatic heterocycles. The maximum absolute atomic E-state index is 13.3. The van der Waals surface area contributed by atoms with Gasteiger partial charge in [0.1, 0.15) is 10.8 Å². The summed E-state index contributed by atoms with van der Waals surface area (Å²) in [6.45, 7) is 4.30. The van der Waals surface area contributed by atoms with E-state index in [1.165, 1.54) is 16.8 Å². The summed E-state index contributed by atoms with van der Waals surface area (Å²) in [7, 11) is 1.72. The van der Waals surface area contributed by atoms with Crippen LogP contribution in [0.15, 0.2) is 35.3 Å². The lowest BCUT2D eigenvalue weighted by Gasteiger charge is -2.41. The largest absolute Gasteiger partial charge is 0.385 e. The summed E-state index contributed by atoms with van der Waals surface area (Å²) in [5.74, 6) is -0.224. The molecule has 146 valence electrons. The number of hydrogen-bond acceptors (Lipinski definition) is 4. The number of benzene rings is 1. The van der Waals surface area contributed by atoms with Gasteiger partial charge in [-0.25, -0.2) is 9.07 Å². The van der Waals surface area contributed by atoms with Crippen molar-refractivity contribution < 1.29 is 4.39 Å². The molecular weight excluding hydrogens is 367 g/mol. The van der Waals surface area contributed by atoms with Gasteiger partial charge < -0.3 is 10.2 Å². The molecule has 5 nitrogen and oxygen atoms in total. The number of anilines is 2. The Morgan fingerprint density at radius 1 is 1.22 bits per heavy atom. The topological polar surface area (TPSA) is 50.2 Å². The molecule has 0 unspecified atom stereocenters. The van der Waals surface area contributed by atoms with Crippen molar-refractivity contribution in [2.45, 2.75) is 57.7 Å². The fourth-order valence-corrected chi connectivity index (χ4v) is 4.23. The lowest BCUT2D eigenvalue weighted by Crippen LogP contribution is -2.43. The van der Waals surface area contributed by atoms with Crippen molar-refractivity contribution >= 4 is 23.0 Å². The second-order valence-electron chi connectivity index (χ2n) is 7.31. The summed E-state index contributed by atoms with van der Waals surface area (Å²) >= 11 is 6.16. The zero-order valence-corrected chi connectivity index (χ0v) is 16.7. The van der Waals surface area contributed by atoms with Crippen LogP contribution in [0, 0.1) is 5.82 Å². The fourth-order valence-electron chi connectivity index (χ4n) is 4.00. The number of nitrogens with zero attached hydrogens (tertiary/aromatic N) is 3. The van der Waals surface area contributed by atoms with Gasteiger partial charge in [0.15, 0.2) is 0 Å². The molecule has 0 amide bonds. The minimum atomic E-state index is -0.244. The summed E-state index contributed by atoms with van der Waals surface area (Å²) in [5, 5.41) is 7.37. The minimum absolute atomic E-state index is 0.0550. The maximum Gasteiger partial charge on any atom is 0.287 e. The van der Waals surface area contributed by atoms with Crippen LogP contribution in [0.3, 0.4) is 0 Å². The van der Waals surface area contributed by atoms with Crippen LogP contribution < -0.4 is 15.8 Å². The second-order valence-corrected chi connectivity index (χ2v) is 7.69. The molecule has 1 N–H and O–H groups in total. The zero-order chi connectivity index (χ0) is 19.6. The van der Waals surface area contributed by atoms with Crippen molar-refractivity contribution in [1.82, 2.24) is 9.78 Å². The number of halogens is 2. The van der Waals surface area contributed by atoms with E-state index in [0.29, 0.717) is 17.8 Å². The molecule has 0 atom stereocenters. The number of aromatic nitrogens is 2. The Kier molecular flexibility index (Phi) is 6.05. The van der Waals surface area contributed by atoms with E-state index in [9.17, 15) is 9.18 Å². The van der Waals surface area contributed by atoms with E-state index in [0.717, 1.165) is 31.4 Å². The molecule has 0 radical (unpaired) electrons. The molecule has 1 aliphatic rings. The first-order valence-electron chi connectivity index (χ1n) is 9.41. The van der Waals surface area contributed by atoms with Crippen molar-refractivity contribution in [3.63, 3.8) is 0 Å². The molecule has 0 bridgehead atoms. The zero-order valence-electron chi connectivity index (χ0n) is 16.0. The van der Waals surface area contributed by atoms with E-state index in [1.54, 1.807) is 13.2 Å². The van der Waals surface area contributed by atoms with Gasteiger partial charge in [0.25, 0.3) is 5.56 Å². The number of rotatable bonds is 5. The highest BCUT2D eigenvalue weighted by Crippen LogP contribution is 2.34. The summed E-state index contributed by atoms with van der Waals surface area (Å²) in [5.41, 5.74) is 1.34. The quantitative estimate of drug-likeness (QED) is 0.815. The Labute approximate surface area is 164 Å². The molecule has 2 aromatic rings. The highest BCUT2D eigenvalue weighted by atomic mass is 35.5. The average molecular weight is 393 g/mol. The molecule has 1 saturated carbocycles. The van der Waals surface area contributed by atoms with Gasteiger partial charge in [-0.3, -0.25) is 4.79 Å². The first-order valence-corrected chi connectivity index (χ1v) is 9.79. The summed E-state index contributed by atoms with van der Waals surface area (Å²) in [6.07, 6.45) is 5.21. The van der Waals surface area contributed by atoms with Crippen LogP contribution in [-0.2, 0) is 0 Å². The van der Waals surface area contributed by atoms with Crippen LogP contribution in [0.1, 0.15) is 45.6 Å².